The van der Waals surface area contributed by atoms with Gasteiger partial charge in [0.05, 0.1) is 25.9 Å². The molecule has 0 bridgehead atoms. The maximum atomic E-state index is 5.48. The third-order valence-corrected chi connectivity index (χ3v) is 1.65. The summed E-state index contributed by atoms with van der Waals surface area (Å²) in [6.07, 6.45) is -0.0114. The van der Waals surface area contributed by atoms with Gasteiger partial charge in [-0.3, -0.25) is 0 Å². The zero-order valence-corrected chi connectivity index (χ0v) is 9.49. The lowest BCUT2D eigenvalue weighted by molar-refractivity contribution is -0.0269. The standard InChI is InChI=1S/C10H23NO3/c1-9(2)7-13-4-5-14-10(6-11)8-12-3/h9-10H,4-8,11H2,1-3H3. The Bertz CT molecular complexity index is 120. The van der Waals surface area contributed by atoms with Crippen molar-refractivity contribution in [3.05, 3.63) is 0 Å². The predicted molar refractivity (Wildman–Crippen MR) is 56.3 cm³/mol. The van der Waals surface area contributed by atoms with Gasteiger partial charge < -0.3 is 19.9 Å². The summed E-state index contributed by atoms with van der Waals surface area (Å²) in [4.78, 5) is 0. The predicted octanol–water partition coefficient (Wildman–Crippen LogP) is 0.649. The quantitative estimate of drug-likeness (QED) is 0.561. The van der Waals surface area contributed by atoms with Gasteiger partial charge in [0, 0.05) is 20.3 Å². The number of hydrogen-bond acceptors (Lipinski definition) is 4. The molecule has 0 aromatic rings. The van der Waals surface area contributed by atoms with Gasteiger partial charge in [-0.15, -0.1) is 0 Å². The van der Waals surface area contributed by atoms with E-state index in [-0.39, 0.29) is 6.10 Å². The van der Waals surface area contributed by atoms with Crippen LogP contribution in [0, 0.1) is 5.92 Å². The van der Waals surface area contributed by atoms with Crippen molar-refractivity contribution in [1.82, 2.24) is 0 Å². The van der Waals surface area contributed by atoms with Crippen molar-refractivity contribution in [2.75, 3.05) is 40.1 Å². The first-order valence-corrected chi connectivity index (χ1v) is 5.09. The molecule has 1 atom stereocenters. The van der Waals surface area contributed by atoms with E-state index >= 15 is 0 Å². The number of hydrogen-bond donors (Lipinski definition) is 1. The van der Waals surface area contributed by atoms with Crippen LogP contribution in [-0.2, 0) is 14.2 Å². The first-order valence-electron chi connectivity index (χ1n) is 5.09. The molecule has 0 heterocycles. The van der Waals surface area contributed by atoms with Crippen molar-refractivity contribution < 1.29 is 14.2 Å². The van der Waals surface area contributed by atoms with E-state index in [1.165, 1.54) is 0 Å². The molecule has 0 aliphatic heterocycles. The van der Waals surface area contributed by atoms with Gasteiger partial charge in [0.15, 0.2) is 0 Å². The van der Waals surface area contributed by atoms with Crippen molar-refractivity contribution in [2.24, 2.45) is 11.7 Å². The van der Waals surface area contributed by atoms with Crippen LogP contribution >= 0.6 is 0 Å². The minimum atomic E-state index is -0.0114. The second-order valence-corrected chi connectivity index (χ2v) is 3.65. The summed E-state index contributed by atoms with van der Waals surface area (Å²) < 4.78 is 15.7. The molecule has 0 saturated heterocycles. The molecule has 4 heteroatoms. The summed E-state index contributed by atoms with van der Waals surface area (Å²) in [5.41, 5.74) is 5.48. The highest BCUT2D eigenvalue weighted by atomic mass is 16.5. The molecule has 1 unspecified atom stereocenters. The van der Waals surface area contributed by atoms with Crippen LogP contribution in [0.1, 0.15) is 13.8 Å². The van der Waals surface area contributed by atoms with Crippen LogP contribution in [0.4, 0.5) is 0 Å². The first-order chi connectivity index (χ1) is 6.70. The Kier molecular flexibility index (Phi) is 9.29. The Balaban J connectivity index is 3.24. The molecular weight excluding hydrogens is 182 g/mol. The highest BCUT2D eigenvalue weighted by Crippen LogP contribution is 1.94. The normalized spacial score (nSPS) is 13.5. The highest BCUT2D eigenvalue weighted by Gasteiger charge is 2.05. The van der Waals surface area contributed by atoms with Crippen LogP contribution in [-0.4, -0.2) is 46.2 Å². The van der Waals surface area contributed by atoms with Crippen LogP contribution in [0.3, 0.4) is 0 Å². The molecule has 4 nitrogen and oxygen atoms in total. The molecule has 0 rings (SSSR count). The lowest BCUT2D eigenvalue weighted by atomic mass is 10.2. The molecule has 0 amide bonds. The largest absolute Gasteiger partial charge is 0.382 e. The maximum Gasteiger partial charge on any atom is 0.0931 e. The van der Waals surface area contributed by atoms with E-state index in [9.17, 15) is 0 Å². The van der Waals surface area contributed by atoms with E-state index in [4.69, 9.17) is 19.9 Å². The monoisotopic (exact) mass is 205 g/mol. The second kappa shape index (κ2) is 9.40. The van der Waals surface area contributed by atoms with Gasteiger partial charge in [-0.05, 0) is 5.92 Å². The SMILES string of the molecule is COCC(CN)OCCOCC(C)C. The van der Waals surface area contributed by atoms with E-state index in [1.807, 2.05) is 0 Å². The third kappa shape index (κ3) is 8.44. The van der Waals surface area contributed by atoms with Crippen molar-refractivity contribution in [1.29, 1.82) is 0 Å². The van der Waals surface area contributed by atoms with Crippen molar-refractivity contribution in [3.8, 4) is 0 Å². The smallest absolute Gasteiger partial charge is 0.0931 e. The average Bonchev–Trinajstić information content (AvgIpc) is 2.15. The number of ether oxygens (including phenoxy) is 3. The first kappa shape index (κ1) is 13.8. The molecule has 0 radical (unpaired) electrons. The topological polar surface area (TPSA) is 53.7 Å². The fourth-order valence-electron chi connectivity index (χ4n) is 0.963. The van der Waals surface area contributed by atoms with Crippen molar-refractivity contribution in [3.63, 3.8) is 0 Å². The third-order valence-electron chi connectivity index (χ3n) is 1.65. The molecule has 86 valence electrons. The van der Waals surface area contributed by atoms with E-state index in [0.29, 0.717) is 32.3 Å². The Morgan fingerprint density at radius 2 is 1.86 bits per heavy atom. The van der Waals surface area contributed by atoms with Gasteiger partial charge >= 0.3 is 0 Å². The van der Waals surface area contributed by atoms with Gasteiger partial charge in [0.1, 0.15) is 0 Å². The zero-order valence-electron chi connectivity index (χ0n) is 9.49. The van der Waals surface area contributed by atoms with E-state index in [1.54, 1.807) is 7.11 Å². The summed E-state index contributed by atoms with van der Waals surface area (Å²) in [6.45, 7) is 7.25. The Morgan fingerprint density at radius 3 is 2.36 bits per heavy atom. The fourth-order valence-corrected chi connectivity index (χ4v) is 0.963. The van der Waals surface area contributed by atoms with Crippen LogP contribution in [0.5, 0.6) is 0 Å². The molecule has 14 heavy (non-hydrogen) atoms. The van der Waals surface area contributed by atoms with Gasteiger partial charge in [-0.1, -0.05) is 13.8 Å². The lowest BCUT2D eigenvalue weighted by Crippen LogP contribution is -2.29. The van der Waals surface area contributed by atoms with Gasteiger partial charge in [-0.25, -0.2) is 0 Å². The van der Waals surface area contributed by atoms with Crippen LogP contribution in [0.2, 0.25) is 0 Å². The number of nitrogens with two attached hydrogens (primary N) is 1. The lowest BCUT2D eigenvalue weighted by Gasteiger charge is -2.15. The molecule has 0 aliphatic carbocycles. The molecule has 2 N–H and O–H groups in total. The number of rotatable bonds is 9. The van der Waals surface area contributed by atoms with Gasteiger partial charge in [0.25, 0.3) is 0 Å². The summed E-state index contributed by atoms with van der Waals surface area (Å²) >= 11 is 0. The zero-order chi connectivity index (χ0) is 10.8. The Morgan fingerprint density at radius 1 is 1.14 bits per heavy atom. The summed E-state index contributed by atoms with van der Waals surface area (Å²) in [5, 5.41) is 0. The van der Waals surface area contributed by atoms with E-state index < -0.39 is 0 Å². The number of methoxy groups -OCH3 is 1. The van der Waals surface area contributed by atoms with Crippen LogP contribution in [0.15, 0.2) is 0 Å². The van der Waals surface area contributed by atoms with E-state index in [0.717, 1.165) is 6.61 Å². The summed E-state index contributed by atoms with van der Waals surface area (Å²) in [7, 11) is 1.64. The average molecular weight is 205 g/mol. The van der Waals surface area contributed by atoms with Crippen molar-refractivity contribution >= 4 is 0 Å². The summed E-state index contributed by atoms with van der Waals surface area (Å²) in [5.74, 6) is 0.569. The van der Waals surface area contributed by atoms with Crippen LogP contribution < -0.4 is 5.73 Å². The molecule has 0 aromatic carbocycles. The second-order valence-electron chi connectivity index (χ2n) is 3.65. The molecule has 0 aliphatic rings. The van der Waals surface area contributed by atoms with Crippen LogP contribution in [0.25, 0.3) is 0 Å². The minimum absolute atomic E-state index is 0.0114. The molecular formula is C10H23NO3. The highest BCUT2D eigenvalue weighted by molar-refractivity contribution is 4.56. The fraction of sp³-hybridized carbons (Fsp3) is 1.00. The minimum Gasteiger partial charge on any atom is -0.382 e. The maximum absolute atomic E-state index is 5.48. The molecule has 0 fully saturated rings. The molecule has 0 aromatic heterocycles. The van der Waals surface area contributed by atoms with Crippen molar-refractivity contribution in [2.45, 2.75) is 20.0 Å². The summed E-state index contributed by atoms with van der Waals surface area (Å²) in [6, 6.07) is 0. The molecule has 0 saturated carbocycles. The molecule has 0 spiro atoms. The Hall–Kier alpha value is -0.160. The Labute approximate surface area is 86.7 Å². The van der Waals surface area contributed by atoms with Gasteiger partial charge in [0.2, 0.25) is 0 Å². The van der Waals surface area contributed by atoms with E-state index in [2.05, 4.69) is 13.8 Å². The van der Waals surface area contributed by atoms with Gasteiger partial charge in [-0.2, -0.15) is 0 Å².